The normalized spacial score (nSPS) is 18.1. The first kappa shape index (κ1) is 14.9. The maximum atomic E-state index is 12.3. The Balaban J connectivity index is 2.05. The second-order valence-electron chi connectivity index (χ2n) is 4.77. The van der Waals surface area contributed by atoms with Crippen molar-refractivity contribution >= 4 is 23.5 Å². The third kappa shape index (κ3) is 3.31. The van der Waals surface area contributed by atoms with Gasteiger partial charge < -0.3 is 9.64 Å². The third-order valence-corrected chi connectivity index (χ3v) is 3.80. The molecular weight excluding hydrogens is 278 g/mol. The van der Waals surface area contributed by atoms with E-state index in [0.29, 0.717) is 24.6 Å². The van der Waals surface area contributed by atoms with Gasteiger partial charge in [0, 0.05) is 11.6 Å². The average molecular weight is 296 g/mol. The number of rotatable bonds is 4. The highest BCUT2D eigenvalue weighted by atomic mass is 35.5. The average Bonchev–Trinajstić information content (AvgIpc) is 2.91. The molecule has 5 heteroatoms. The van der Waals surface area contributed by atoms with Crippen LogP contribution in [0.15, 0.2) is 24.3 Å². The van der Waals surface area contributed by atoms with Gasteiger partial charge in [0.2, 0.25) is 5.91 Å². The molecule has 0 aliphatic carbocycles. The van der Waals surface area contributed by atoms with Crippen molar-refractivity contribution in [2.24, 2.45) is 0 Å². The van der Waals surface area contributed by atoms with E-state index in [1.807, 2.05) is 18.2 Å². The highest BCUT2D eigenvalue weighted by Gasteiger charge is 2.34. The minimum absolute atomic E-state index is 0.0753. The fourth-order valence-electron chi connectivity index (χ4n) is 2.45. The number of halogens is 1. The summed E-state index contributed by atoms with van der Waals surface area (Å²) in [5, 5.41) is 0.577. The maximum Gasteiger partial charge on any atom is 0.328 e. The summed E-state index contributed by atoms with van der Waals surface area (Å²) in [6.45, 7) is 2.71. The summed E-state index contributed by atoms with van der Waals surface area (Å²) in [6, 6.07) is 6.83. The van der Waals surface area contributed by atoms with Gasteiger partial charge >= 0.3 is 5.97 Å². The van der Waals surface area contributed by atoms with Gasteiger partial charge in [0.05, 0.1) is 13.0 Å². The van der Waals surface area contributed by atoms with Crippen LogP contribution in [0.25, 0.3) is 0 Å². The van der Waals surface area contributed by atoms with Crippen LogP contribution in [0.3, 0.4) is 0 Å². The van der Waals surface area contributed by atoms with E-state index in [9.17, 15) is 9.59 Å². The van der Waals surface area contributed by atoms with Crippen LogP contribution < -0.4 is 0 Å². The van der Waals surface area contributed by atoms with Crippen molar-refractivity contribution in [1.82, 2.24) is 4.90 Å². The van der Waals surface area contributed by atoms with E-state index in [1.165, 1.54) is 0 Å². The van der Waals surface area contributed by atoms with E-state index >= 15 is 0 Å². The number of benzene rings is 1. The van der Waals surface area contributed by atoms with Crippen molar-refractivity contribution in [2.45, 2.75) is 32.2 Å². The Morgan fingerprint density at radius 1 is 1.40 bits per heavy atom. The number of likely N-dealkylation sites (tertiary alicyclic amines) is 1. The van der Waals surface area contributed by atoms with Gasteiger partial charge in [0.1, 0.15) is 6.04 Å². The Morgan fingerprint density at radius 2 is 2.15 bits per heavy atom. The van der Waals surface area contributed by atoms with Gasteiger partial charge in [-0.2, -0.15) is 0 Å². The predicted molar refractivity (Wildman–Crippen MR) is 76.5 cm³/mol. The van der Waals surface area contributed by atoms with Crippen molar-refractivity contribution in [1.29, 1.82) is 0 Å². The second kappa shape index (κ2) is 6.75. The molecule has 20 heavy (non-hydrogen) atoms. The highest BCUT2D eigenvalue weighted by Crippen LogP contribution is 2.22. The van der Waals surface area contributed by atoms with Gasteiger partial charge in [0.15, 0.2) is 0 Å². The Labute approximate surface area is 123 Å². The van der Waals surface area contributed by atoms with Crippen LogP contribution >= 0.6 is 11.6 Å². The molecule has 1 aromatic carbocycles. The monoisotopic (exact) mass is 295 g/mol. The summed E-state index contributed by atoms with van der Waals surface area (Å²) in [5.74, 6) is -0.383. The molecule has 4 nitrogen and oxygen atoms in total. The Kier molecular flexibility index (Phi) is 5.01. The molecule has 1 saturated heterocycles. The van der Waals surface area contributed by atoms with Gasteiger partial charge in [-0.3, -0.25) is 4.79 Å². The van der Waals surface area contributed by atoms with Crippen molar-refractivity contribution in [2.75, 3.05) is 13.2 Å². The molecule has 1 aliphatic rings. The molecule has 1 unspecified atom stereocenters. The lowest BCUT2D eigenvalue weighted by molar-refractivity contribution is -0.152. The SMILES string of the molecule is CCOC(=O)C1CCCN1C(=O)Cc1ccccc1Cl. The van der Waals surface area contributed by atoms with Gasteiger partial charge in [-0.25, -0.2) is 4.79 Å². The molecular formula is C15H18ClNO3. The lowest BCUT2D eigenvalue weighted by atomic mass is 10.1. The molecule has 108 valence electrons. The van der Waals surface area contributed by atoms with Crippen molar-refractivity contribution in [3.63, 3.8) is 0 Å². The predicted octanol–water partition coefficient (Wildman–Crippen LogP) is 2.44. The van der Waals surface area contributed by atoms with Crippen LogP contribution in [0.5, 0.6) is 0 Å². The zero-order valence-corrected chi connectivity index (χ0v) is 12.2. The Bertz CT molecular complexity index is 504. The Morgan fingerprint density at radius 3 is 2.85 bits per heavy atom. The number of carbonyl (C=O) groups excluding carboxylic acids is 2. The molecule has 1 heterocycles. The zero-order chi connectivity index (χ0) is 14.5. The molecule has 0 bridgehead atoms. The smallest absolute Gasteiger partial charge is 0.328 e. The van der Waals surface area contributed by atoms with Crippen molar-refractivity contribution in [3.05, 3.63) is 34.9 Å². The number of amides is 1. The van der Waals surface area contributed by atoms with E-state index in [4.69, 9.17) is 16.3 Å². The number of hydrogen-bond acceptors (Lipinski definition) is 3. The number of esters is 1. The number of hydrogen-bond donors (Lipinski definition) is 0. The third-order valence-electron chi connectivity index (χ3n) is 3.43. The first-order valence-corrected chi connectivity index (χ1v) is 7.20. The van der Waals surface area contributed by atoms with E-state index in [1.54, 1.807) is 17.9 Å². The van der Waals surface area contributed by atoms with E-state index in [0.717, 1.165) is 12.0 Å². The summed E-state index contributed by atoms with van der Waals surface area (Å²) >= 11 is 6.06. The molecule has 0 N–H and O–H groups in total. The summed E-state index contributed by atoms with van der Waals surface area (Å²) < 4.78 is 5.02. The maximum absolute atomic E-state index is 12.3. The van der Waals surface area contributed by atoms with E-state index < -0.39 is 6.04 Å². The van der Waals surface area contributed by atoms with Gasteiger partial charge in [0.25, 0.3) is 0 Å². The second-order valence-corrected chi connectivity index (χ2v) is 5.17. The quantitative estimate of drug-likeness (QED) is 0.802. The largest absolute Gasteiger partial charge is 0.464 e. The summed E-state index contributed by atoms with van der Waals surface area (Å²) in [5.41, 5.74) is 0.786. The molecule has 1 aromatic rings. The molecule has 0 saturated carbocycles. The van der Waals surface area contributed by atoms with Crippen LogP contribution in [-0.2, 0) is 20.7 Å². The topological polar surface area (TPSA) is 46.6 Å². The van der Waals surface area contributed by atoms with Gasteiger partial charge in [-0.05, 0) is 31.4 Å². The standard InChI is InChI=1S/C15H18ClNO3/c1-2-20-15(19)13-8-5-9-17(13)14(18)10-11-6-3-4-7-12(11)16/h3-4,6-7,13H,2,5,8-10H2,1H3. The molecule has 0 radical (unpaired) electrons. The minimum Gasteiger partial charge on any atom is -0.464 e. The number of nitrogens with zero attached hydrogens (tertiary/aromatic N) is 1. The summed E-state index contributed by atoms with van der Waals surface area (Å²) in [4.78, 5) is 25.8. The number of carbonyl (C=O) groups is 2. The lowest BCUT2D eigenvalue weighted by Crippen LogP contribution is -2.42. The Hall–Kier alpha value is -1.55. The molecule has 1 aliphatic heterocycles. The lowest BCUT2D eigenvalue weighted by Gasteiger charge is -2.23. The minimum atomic E-state index is -0.440. The van der Waals surface area contributed by atoms with Gasteiger partial charge in [-0.1, -0.05) is 29.8 Å². The van der Waals surface area contributed by atoms with Gasteiger partial charge in [-0.15, -0.1) is 0 Å². The van der Waals surface area contributed by atoms with Crippen LogP contribution in [0.1, 0.15) is 25.3 Å². The molecule has 0 aromatic heterocycles. The van der Waals surface area contributed by atoms with Crippen LogP contribution in [-0.4, -0.2) is 36.0 Å². The summed E-state index contributed by atoms with van der Waals surface area (Å²) in [6.07, 6.45) is 1.72. The first-order valence-electron chi connectivity index (χ1n) is 6.83. The fourth-order valence-corrected chi connectivity index (χ4v) is 2.66. The fraction of sp³-hybridized carbons (Fsp3) is 0.467. The highest BCUT2D eigenvalue weighted by molar-refractivity contribution is 6.31. The summed E-state index contributed by atoms with van der Waals surface area (Å²) in [7, 11) is 0. The van der Waals surface area contributed by atoms with Crippen molar-refractivity contribution < 1.29 is 14.3 Å². The molecule has 1 amide bonds. The molecule has 2 rings (SSSR count). The van der Waals surface area contributed by atoms with Crippen LogP contribution in [0.2, 0.25) is 5.02 Å². The van der Waals surface area contributed by atoms with Crippen LogP contribution in [0.4, 0.5) is 0 Å². The van der Waals surface area contributed by atoms with Crippen molar-refractivity contribution in [3.8, 4) is 0 Å². The molecule has 1 fully saturated rings. The number of ether oxygens (including phenoxy) is 1. The molecule has 0 spiro atoms. The van der Waals surface area contributed by atoms with Crippen LogP contribution in [0, 0.1) is 0 Å². The van der Waals surface area contributed by atoms with E-state index in [2.05, 4.69) is 0 Å². The molecule has 1 atom stereocenters. The van der Waals surface area contributed by atoms with E-state index in [-0.39, 0.29) is 18.3 Å². The first-order chi connectivity index (χ1) is 9.63. The zero-order valence-electron chi connectivity index (χ0n) is 11.5.